The molecule has 1 N–H and O–H groups in total. The molecule has 0 atom stereocenters. The number of pyridine rings is 1. The topological polar surface area (TPSA) is 56.4 Å². The molecule has 0 unspecified atom stereocenters. The summed E-state index contributed by atoms with van der Waals surface area (Å²) in [4.78, 5) is 30.2. The fourth-order valence-electron chi connectivity index (χ4n) is 2.81. The highest BCUT2D eigenvalue weighted by molar-refractivity contribution is 5.87. The van der Waals surface area contributed by atoms with Crippen LogP contribution in [0.15, 0.2) is 41.7 Å². The monoisotopic (exact) mass is 297 g/mol. The molecular weight excluding hydrogens is 278 g/mol. The molecule has 1 amide bonds. The Balaban J connectivity index is 1.83. The average Bonchev–Trinajstić information content (AvgIpc) is 2.55. The molecule has 5 heteroatoms. The van der Waals surface area contributed by atoms with Gasteiger partial charge in [-0.15, -0.1) is 0 Å². The van der Waals surface area contributed by atoms with E-state index in [9.17, 15) is 9.59 Å². The van der Waals surface area contributed by atoms with Crippen molar-refractivity contribution in [3.63, 3.8) is 0 Å². The van der Waals surface area contributed by atoms with Crippen molar-refractivity contribution in [3.8, 4) is 0 Å². The molecule has 1 aliphatic heterocycles. The van der Waals surface area contributed by atoms with Crippen LogP contribution in [0.1, 0.15) is 5.56 Å². The number of H-pyrrole nitrogens is 1. The number of fused-ring (bicyclic) bond motifs is 1. The predicted octanol–water partition coefficient (Wildman–Crippen LogP) is 1.67. The number of aromatic nitrogens is 1. The summed E-state index contributed by atoms with van der Waals surface area (Å²) in [5.41, 5.74) is 2.63. The molecule has 114 valence electrons. The molecule has 1 aromatic heterocycles. The summed E-state index contributed by atoms with van der Waals surface area (Å²) in [5.74, 6) is -0.00800. The molecule has 0 spiro atoms. The molecule has 3 rings (SSSR count). The van der Waals surface area contributed by atoms with Gasteiger partial charge in [0.25, 0.3) is 5.56 Å². The molecule has 1 fully saturated rings. The third-order valence-corrected chi connectivity index (χ3v) is 4.14. The van der Waals surface area contributed by atoms with Crippen molar-refractivity contribution in [2.24, 2.45) is 0 Å². The lowest BCUT2D eigenvalue weighted by molar-refractivity contribution is -0.126. The second-order valence-corrected chi connectivity index (χ2v) is 5.57. The van der Waals surface area contributed by atoms with Gasteiger partial charge in [0.15, 0.2) is 0 Å². The van der Waals surface area contributed by atoms with Crippen LogP contribution in [0, 0.1) is 6.92 Å². The minimum atomic E-state index is -0.0446. The normalized spacial score (nSPS) is 15.1. The highest BCUT2D eigenvalue weighted by Crippen LogP contribution is 2.22. The van der Waals surface area contributed by atoms with Crippen molar-refractivity contribution in [1.82, 2.24) is 9.88 Å². The number of amides is 1. The van der Waals surface area contributed by atoms with Gasteiger partial charge in [-0.3, -0.25) is 9.59 Å². The van der Waals surface area contributed by atoms with E-state index in [0.717, 1.165) is 29.7 Å². The number of anilines is 1. The fourth-order valence-corrected chi connectivity index (χ4v) is 2.81. The van der Waals surface area contributed by atoms with E-state index in [1.807, 2.05) is 30.0 Å². The van der Waals surface area contributed by atoms with Gasteiger partial charge in [0.2, 0.25) is 5.91 Å². The van der Waals surface area contributed by atoms with E-state index < -0.39 is 0 Å². The smallest absolute Gasteiger partial charge is 0.251 e. The summed E-state index contributed by atoms with van der Waals surface area (Å²) in [6, 6.07) is 7.95. The minimum Gasteiger partial charge on any atom is -0.368 e. The molecule has 0 bridgehead atoms. The third-order valence-electron chi connectivity index (χ3n) is 4.14. The molecule has 2 aromatic rings. The first-order valence-corrected chi connectivity index (χ1v) is 7.38. The lowest BCUT2D eigenvalue weighted by atomic mass is 10.1. The van der Waals surface area contributed by atoms with E-state index >= 15 is 0 Å². The van der Waals surface area contributed by atoms with Crippen molar-refractivity contribution >= 4 is 22.5 Å². The number of aryl methyl sites for hydroxylation is 1. The van der Waals surface area contributed by atoms with Gasteiger partial charge in [-0.1, -0.05) is 6.58 Å². The Bertz CT molecular complexity index is 786. The van der Waals surface area contributed by atoms with Crippen LogP contribution in [-0.2, 0) is 4.79 Å². The van der Waals surface area contributed by atoms with Crippen LogP contribution in [-0.4, -0.2) is 42.0 Å². The van der Waals surface area contributed by atoms with Gasteiger partial charge in [0.05, 0.1) is 0 Å². The van der Waals surface area contributed by atoms with Crippen LogP contribution in [0.3, 0.4) is 0 Å². The van der Waals surface area contributed by atoms with Gasteiger partial charge in [0, 0.05) is 48.3 Å². The maximum absolute atomic E-state index is 11.6. The van der Waals surface area contributed by atoms with Gasteiger partial charge in [0.1, 0.15) is 0 Å². The molecule has 0 aliphatic carbocycles. The number of nitrogens with one attached hydrogen (secondary N) is 1. The zero-order valence-corrected chi connectivity index (χ0v) is 12.6. The van der Waals surface area contributed by atoms with Gasteiger partial charge in [-0.25, -0.2) is 0 Å². The Labute approximate surface area is 128 Å². The van der Waals surface area contributed by atoms with Crippen molar-refractivity contribution in [3.05, 3.63) is 52.8 Å². The molecule has 22 heavy (non-hydrogen) atoms. The molecular formula is C17H19N3O2. The molecule has 1 saturated heterocycles. The quantitative estimate of drug-likeness (QED) is 0.858. The van der Waals surface area contributed by atoms with E-state index in [2.05, 4.69) is 22.5 Å². The van der Waals surface area contributed by atoms with Crippen molar-refractivity contribution in [1.29, 1.82) is 0 Å². The first-order chi connectivity index (χ1) is 10.6. The average molecular weight is 297 g/mol. The number of rotatable bonds is 2. The number of aromatic amines is 1. The van der Waals surface area contributed by atoms with Crippen molar-refractivity contribution < 1.29 is 4.79 Å². The van der Waals surface area contributed by atoms with Gasteiger partial charge >= 0.3 is 0 Å². The first-order valence-electron chi connectivity index (χ1n) is 7.38. The zero-order valence-electron chi connectivity index (χ0n) is 12.6. The molecule has 1 aromatic carbocycles. The standard InChI is InChI=1S/C17H19N3O2/c1-3-16(21)20-8-6-19(7-9-20)14-4-5-15-13(11-14)10-12(2)17(22)18-15/h3-5,10-11H,1,6-9H2,2H3,(H,18,22). The van der Waals surface area contributed by atoms with E-state index in [-0.39, 0.29) is 11.5 Å². The molecule has 5 nitrogen and oxygen atoms in total. The second-order valence-electron chi connectivity index (χ2n) is 5.57. The van der Waals surface area contributed by atoms with Gasteiger partial charge < -0.3 is 14.8 Å². The Morgan fingerprint density at radius 1 is 1.23 bits per heavy atom. The highest BCUT2D eigenvalue weighted by atomic mass is 16.2. The van der Waals surface area contributed by atoms with Gasteiger partial charge in [-0.05, 0) is 37.3 Å². The zero-order chi connectivity index (χ0) is 15.7. The summed E-state index contributed by atoms with van der Waals surface area (Å²) in [6.07, 6.45) is 1.37. The summed E-state index contributed by atoms with van der Waals surface area (Å²) in [5, 5.41) is 1.03. The largest absolute Gasteiger partial charge is 0.368 e. The Hall–Kier alpha value is -2.56. The van der Waals surface area contributed by atoms with Crippen LogP contribution in [0.25, 0.3) is 10.9 Å². The maximum atomic E-state index is 11.6. The van der Waals surface area contributed by atoms with E-state index in [1.165, 1.54) is 6.08 Å². The molecule has 0 radical (unpaired) electrons. The Kier molecular flexibility index (Phi) is 3.71. The SMILES string of the molecule is C=CC(=O)N1CCN(c2ccc3[nH]c(=O)c(C)cc3c2)CC1. The summed E-state index contributed by atoms with van der Waals surface area (Å²) in [7, 11) is 0. The summed E-state index contributed by atoms with van der Waals surface area (Å²) >= 11 is 0. The second kappa shape index (κ2) is 5.67. The lowest BCUT2D eigenvalue weighted by Gasteiger charge is -2.35. The predicted molar refractivity (Wildman–Crippen MR) is 88.3 cm³/mol. The number of piperazine rings is 1. The van der Waals surface area contributed by atoms with Crippen LogP contribution < -0.4 is 10.5 Å². The maximum Gasteiger partial charge on any atom is 0.251 e. The van der Waals surface area contributed by atoms with E-state index in [4.69, 9.17) is 0 Å². The van der Waals surface area contributed by atoms with Crippen LogP contribution in [0.5, 0.6) is 0 Å². The summed E-state index contributed by atoms with van der Waals surface area (Å²) in [6.45, 7) is 8.34. The van der Waals surface area contributed by atoms with Crippen LogP contribution >= 0.6 is 0 Å². The number of hydrogen-bond donors (Lipinski definition) is 1. The number of carbonyl (C=O) groups excluding carboxylic acids is 1. The Morgan fingerprint density at radius 3 is 2.64 bits per heavy atom. The van der Waals surface area contributed by atoms with Crippen molar-refractivity contribution in [2.45, 2.75) is 6.92 Å². The van der Waals surface area contributed by atoms with Gasteiger partial charge in [-0.2, -0.15) is 0 Å². The molecule has 0 saturated carbocycles. The first kappa shape index (κ1) is 14.4. The lowest BCUT2D eigenvalue weighted by Crippen LogP contribution is -2.48. The van der Waals surface area contributed by atoms with E-state index in [1.54, 1.807) is 0 Å². The van der Waals surface area contributed by atoms with Crippen LogP contribution in [0.2, 0.25) is 0 Å². The summed E-state index contributed by atoms with van der Waals surface area (Å²) < 4.78 is 0. The number of nitrogens with zero attached hydrogens (tertiary/aromatic N) is 2. The fraction of sp³-hybridized carbons (Fsp3) is 0.294. The highest BCUT2D eigenvalue weighted by Gasteiger charge is 2.19. The molecule has 2 heterocycles. The number of benzene rings is 1. The third kappa shape index (κ3) is 2.62. The molecule has 1 aliphatic rings. The van der Waals surface area contributed by atoms with E-state index in [0.29, 0.717) is 18.7 Å². The Morgan fingerprint density at radius 2 is 1.95 bits per heavy atom. The van der Waals surface area contributed by atoms with Crippen molar-refractivity contribution in [2.75, 3.05) is 31.1 Å². The van der Waals surface area contributed by atoms with Crippen LogP contribution in [0.4, 0.5) is 5.69 Å². The number of hydrogen-bond acceptors (Lipinski definition) is 3. The number of carbonyl (C=O) groups is 1. The minimum absolute atomic E-state index is 0.00800.